The van der Waals surface area contributed by atoms with Crippen LogP contribution in [0.1, 0.15) is 39.5 Å². The summed E-state index contributed by atoms with van der Waals surface area (Å²) in [6, 6.07) is 0. The molecule has 0 aromatic heterocycles. The molecule has 0 aromatic carbocycles. The molecule has 1 N–H and O–H groups in total. The van der Waals surface area contributed by atoms with Gasteiger partial charge < -0.3 is 9.84 Å². The predicted octanol–water partition coefficient (Wildman–Crippen LogP) is 2.52. The minimum Gasteiger partial charge on any atom is -0.394 e. The summed E-state index contributed by atoms with van der Waals surface area (Å²) in [6.45, 7) is 8.83. The number of aliphatic hydroxyl groups excluding tert-OH is 1. The molecular weight excluding hydrogens is 176 g/mol. The van der Waals surface area contributed by atoms with Gasteiger partial charge in [-0.25, -0.2) is 0 Å². The SMILES string of the molecule is C=C1CCC(C(C)(C)OCCO)CC1. The second-order valence-corrected chi connectivity index (χ2v) is 4.70. The molecule has 82 valence electrons. The third kappa shape index (κ3) is 3.10. The first-order chi connectivity index (χ1) is 6.56. The van der Waals surface area contributed by atoms with E-state index >= 15 is 0 Å². The first kappa shape index (κ1) is 11.7. The maximum Gasteiger partial charge on any atom is 0.0705 e. The van der Waals surface area contributed by atoms with E-state index in [9.17, 15) is 0 Å². The maximum absolute atomic E-state index is 8.73. The molecule has 0 heterocycles. The van der Waals surface area contributed by atoms with Gasteiger partial charge in [0, 0.05) is 0 Å². The van der Waals surface area contributed by atoms with Gasteiger partial charge in [-0.05, 0) is 45.4 Å². The van der Waals surface area contributed by atoms with E-state index in [0.717, 1.165) is 12.8 Å². The standard InChI is InChI=1S/C12H22O2/c1-10-4-6-11(7-5-10)12(2,3)14-9-8-13/h11,13H,1,4-9H2,2-3H3. The van der Waals surface area contributed by atoms with Crippen LogP contribution in [-0.4, -0.2) is 23.9 Å². The van der Waals surface area contributed by atoms with Crippen LogP contribution in [0.15, 0.2) is 12.2 Å². The Kier molecular flexibility index (Phi) is 4.14. The van der Waals surface area contributed by atoms with E-state index < -0.39 is 0 Å². The highest BCUT2D eigenvalue weighted by Gasteiger charge is 2.31. The van der Waals surface area contributed by atoms with Crippen molar-refractivity contribution in [2.24, 2.45) is 5.92 Å². The number of ether oxygens (including phenoxy) is 1. The van der Waals surface area contributed by atoms with E-state index in [1.807, 2.05) is 0 Å². The lowest BCUT2D eigenvalue weighted by Gasteiger charge is -2.37. The molecule has 0 aliphatic heterocycles. The van der Waals surface area contributed by atoms with Crippen molar-refractivity contribution in [3.05, 3.63) is 12.2 Å². The fraction of sp³-hybridized carbons (Fsp3) is 0.833. The fourth-order valence-electron chi connectivity index (χ4n) is 2.15. The molecule has 0 spiro atoms. The zero-order valence-electron chi connectivity index (χ0n) is 9.38. The van der Waals surface area contributed by atoms with Crippen LogP contribution in [0.3, 0.4) is 0 Å². The van der Waals surface area contributed by atoms with Crippen LogP contribution in [-0.2, 0) is 4.74 Å². The molecule has 1 fully saturated rings. The quantitative estimate of drug-likeness (QED) is 0.703. The summed E-state index contributed by atoms with van der Waals surface area (Å²) in [5.41, 5.74) is 1.28. The minimum atomic E-state index is -0.0938. The Balaban J connectivity index is 2.42. The van der Waals surface area contributed by atoms with Gasteiger partial charge >= 0.3 is 0 Å². The van der Waals surface area contributed by atoms with Crippen LogP contribution in [0.25, 0.3) is 0 Å². The van der Waals surface area contributed by atoms with Crippen molar-refractivity contribution < 1.29 is 9.84 Å². The topological polar surface area (TPSA) is 29.5 Å². The third-order valence-corrected chi connectivity index (χ3v) is 3.24. The number of aliphatic hydroxyl groups is 1. The molecule has 0 unspecified atom stereocenters. The lowest BCUT2D eigenvalue weighted by atomic mass is 9.77. The Labute approximate surface area is 87.0 Å². The highest BCUT2D eigenvalue weighted by Crippen LogP contribution is 2.36. The van der Waals surface area contributed by atoms with Gasteiger partial charge in [-0.3, -0.25) is 0 Å². The summed E-state index contributed by atoms with van der Waals surface area (Å²) in [7, 11) is 0. The molecule has 2 nitrogen and oxygen atoms in total. The van der Waals surface area contributed by atoms with E-state index in [1.54, 1.807) is 0 Å². The summed E-state index contributed by atoms with van der Waals surface area (Å²) in [4.78, 5) is 0. The van der Waals surface area contributed by atoms with Gasteiger partial charge in [0.1, 0.15) is 0 Å². The van der Waals surface area contributed by atoms with Gasteiger partial charge in [-0.1, -0.05) is 12.2 Å². The molecule has 1 aliphatic carbocycles. The van der Waals surface area contributed by atoms with Crippen molar-refractivity contribution in [1.82, 2.24) is 0 Å². The van der Waals surface area contributed by atoms with Crippen LogP contribution in [0.5, 0.6) is 0 Å². The lowest BCUT2D eigenvalue weighted by molar-refractivity contribution is -0.0774. The number of allylic oxidation sites excluding steroid dienone is 1. The summed E-state index contributed by atoms with van der Waals surface area (Å²) in [5.74, 6) is 0.611. The molecule has 1 rings (SSSR count). The Hall–Kier alpha value is -0.340. The second kappa shape index (κ2) is 4.94. The van der Waals surface area contributed by atoms with E-state index in [1.165, 1.54) is 18.4 Å². The molecule has 14 heavy (non-hydrogen) atoms. The predicted molar refractivity (Wildman–Crippen MR) is 58.2 cm³/mol. The average molecular weight is 198 g/mol. The highest BCUT2D eigenvalue weighted by atomic mass is 16.5. The molecule has 1 aliphatic rings. The van der Waals surface area contributed by atoms with Crippen LogP contribution in [0.4, 0.5) is 0 Å². The largest absolute Gasteiger partial charge is 0.394 e. The molecule has 0 saturated heterocycles. The van der Waals surface area contributed by atoms with E-state index in [2.05, 4.69) is 20.4 Å². The normalized spacial score (nSPS) is 20.1. The molecule has 2 heteroatoms. The zero-order chi connectivity index (χ0) is 10.6. The Morgan fingerprint density at radius 1 is 1.43 bits per heavy atom. The van der Waals surface area contributed by atoms with Crippen LogP contribution < -0.4 is 0 Å². The van der Waals surface area contributed by atoms with Crippen molar-refractivity contribution in [2.75, 3.05) is 13.2 Å². The number of rotatable bonds is 4. The maximum atomic E-state index is 8.73. The monoisotopic (exact) mass is 198 g/mol. The van der Waals surface area contributed by atoms with Gasteiger partial charge in [-0.15, -0.1) is 0 Å². The van der Waals surface area contributed by atoms with Gasteiger partial charge in [0.15, 0.2) is 0 Å². The Morgan fingerprint density at radius 2 is 2.00 bits per heavy atom. The first-order valence-corrected chi connectivity index (χ1v) is 5.47. The average Bonchev–Trinajstić information content (AvgIpc) is 2.16. The van der Waals surface area contributed by atoms with Crippen molar-refractivity contribution in [3.63, 3.8) is 0 Å². The summed E-state index contributed by atoms with van der Waals surface area (Å²) < 4.78 is 5.67. The molecule has 0 radical (unpaired) electrons. The third-order valence-electron chi connectivity index (χ3n) is 3.24. The van der Waals surface area contributed by atoms with E-state index in [-0.39, 0.29) is 12.2 Å². The molecule has 0 atom stereocenters. The number of hydrogen-bond acceptors (Lipinski definition) is 2. The smallest absolute Gasteiger partial charge is 0.0705 e. The Bertz CT molecular complexity index is 186. The van der Waals surface area contributed by atoms with Gasteiger partial charge in [0.25, 0.3) is 0 Å². The summed E-state index contributed by atoms with van der Waals surface area (Å²) in [5, 5.41) is 8.73. The summed E-state index contributed by atoms with van der Waals surface area (Å²) >= 11 is 0. The van der Waals surface area contributed by atoms with Crippen molar-refractivity contribution in [1.29, 1.82) is 0 Å². The van der Waals surface area contributed by atoms with Gasteiger partial charge in [-0.2, -0.15) is 0 Å². The molecule has 0 bridgehead atoms. The van der Waals surface area contributed by atoms with Gasteiger partial charge in [0.2, 0.25) is 0 Å². The van der Waals surface area contributed by atoms with E-state index in [4.69, 9.17) is 9.84 Å². The number of hydrogen-bond donors (Lipinski definition) is 1. The van der Waals surface area contributed by atoms with Crippen molar-refractivity contribution >= 4 is 0 Å². The lowest BCUT2D eigenvalue weighted by Crippen LogP contribution is -2.36. The summed E-state index contributed by atoms with van der Waals surface area (Å²) in [6.07, 6.45) is 4.63. The Morgan fingerprint density at radius 3 is 2.50 bits per heavy atom. The highest BCUT2D eigenvalue weighted by molar-refractivity contribution is 5.00. The van der Waals surface area contributed by atoms with Crippen LogP contribution in [0.2, 0.25) is 0 Å². The molecule has 0 amide bonds. The van der Waals surface area contributed by atoms with Crippen molar-refractivity contribution in [2.45, 2.75) is 45.1 Å². The fourth-order valence-corrected chi connectivity index (χ4v) is 2.15. The van der Waals surface area contributed by atoms with Crippen LogP contribution >= 0.6 is 0 Å². The van der Waals surface area contributed by atoms with Crippen LogP contribution in [0, 0.1) is 5.92 Å². The zero-order valence-corrected chi connectivity index (χ0v) is 9.38. The van der Waals surface area contributed by atoms with Crippen molar-refractivity contribution in [3.8, 4) is 0 Å². The van der Waals surface area contributed by atoms with E-state index in [0.29, 0.717) is 12.5 Å². The van der Waals surface area contributed by atoms with Gasteiger partial charge in [0.05, 0.1) is 18.8 Å². The first-order valence-electron chi connectivity index (χ1n) is 5.47. The molecule has 0 aromatic rings. The minimum absolute atomic E-state index is 0.0938. The molecule has 1 saturated carbocycles. The molecular formula is C12H22O2. The second-order valence-electron chi connectivity index (χ2n) is 4.70.